The Balaban J connectivity index is 2.25. The number of hydrogen-bond acceptors (Lipinski definition) is 3. The van der Waals surface area contributed by atoms with Gasteiger partial charge < -0.3 is 5.11 Å². The zero-order valence-electron chi connectivity index (χ0n) is 11.6. The van der Waals surface area contributed by atoms with Crippen LogP contribution in [-0.2, 0) is 10.0 Å². The molecule has 114 valence electrons. The summed E-state index contributed by atoms with van der Waals surface area (Å²) in [6.45, 7) is -0.290. The molecule has 1 fully saturated rings. The van der Waals surface area contributed by atoms with Gasteiger partial charge in [0.05, 0.1) is 16.5 Å². The first-order valence-corrected chi connectivity index (χ1v) is 8.86. The van der Waals surface area contributed by atoms with Crippen molar-refractivity contribution in [3.8, 4) is 11.8 Å². The zero-order valence-corrected chi connectivity index (χ0v) is 13.2. The van der Waals surface area contributed by atoms with Crippen LogP contribution in [0, 0.1) is 11.8 Å². The van der Waals surface area contributed by atoms with Crippen LogP contribution < -0.4 is 4.72 Å². The van der Waals surface area contributed by atoms with Gasteiger partial charge in [-0.25, -0.2) is 8.42 Å². The summed E-state index contributed by atoms with van der Waals surface area (Å²) in [6.07, 6.45) is 4.38. The molecule has 0 saturated heterocycles. The third-order valence-electron chi connectivity index (χ3n) is 3.53. The number of aliphatic hydroxyl groups excluding tert-OH is 1. The third-order valence-corrected chi connectivity index (χ3v) is 5.62. The van der Waals surface area contributed by atoms with Crippen molar-refractivity contribution >= 4 is 27.3 Å². The lowest BCUT2D eigenvalue weighted by atomic mass is 10.0. The van der Waals surface area contributed by atoms with Crippen LogP contribution in [0.1, 0.15) is 37.7 Å². The van der Waals surface area contributed by atoms with E-state index >= 15 is 0 Å². The highest BCUT2D eigenvalue weighted by Gasteiger charge is 2.27. The van der Waals surface area contributed by atoms with E-state index in [-0.39, 0.29) is 11.9 Å². The Morgan fingerprint density at radius 3 is 2.67 bits per heavy atom. The smallest absolute Gasteiger partial charge is 0.235 e. The maximum Gasteiger partial charge on any atom is 0.235 e. The van der Waals surface area contributed by atoms with Crippen molar-refractivity contribution in [1.82, 2.24) is 0 Å². The van der Waals surface area contributed by atoms with Crippen molar-refractivity contribution < 1.29 is 13.5 Å². The molecule has 2 rings (SSSR count). The molecule has 2 N–H and O–H groups in total. The second-order valence-electron chi connectivity index (χ2n) is 5.06. The lowest BCUT2D eigenvalue weighted by Gasteiger charge is -2.22. The molecule has 1 aromatic carbocycles. The molecular weight excluding hydrogens is 310 g/mol. The number of rotatable bonds is 3. The number of aliphatic hydroxyl groups is 1. The van der Waals surface area contributed by atoms with E-state index < -0.39 is 10.0 Å². The summed E-state index contributed by atoms with van der Waals surface area (Å²) >= 11 is 5.91. The van der Waals surface area contributed by atoms with E-state index in [0.29, 0.717) is 29.1 Å². The van der Waals surface area contributed by atoms with Gasteiger partial charge in [-0.3, -0.25) is 4.72 Å². The molecule has 1 aromatic rings. The van der Waals surface area contributed by atoms with Gasteiger partial charge in [0.15, 0.2) is 0 Å². The second-order valence-corrected chi connectivity index (χ2v) is 7.45. The molecule has 1 aliphatic rings. The monoisotopic (exact) mass is 327 g/mol. The van der Waals surface area contributed by atoms with Crippen LogP contribution in [0.5, 0.6) is 0 Å². The summed E-state index contributed by atoms with van der Waals surface area (Å²) < 4.78 is 27.5. The van der Waals surface area contributed by atoms with Crippen LogP contribution in [0.4, 0.5) is 5.69 Å². The van der Waals surface area contributed by atoms with E-state index in [1.165, 1.54) is 0 Å². The minimum Gasteiger partial charge on any atom is -0.384 e. The van der Waals surface area contributed by atoms with Crippen molar-refractivity contribution in [3.05, 3.63) is 28.8 Å². The van der Waals surface area contributed by atoms with Crippen LogP contribution in [0.2, 0.25) is 5.02 Å². The Morgan fingerprint density at radius 1 is 1.29 bits per heavy atom. The maximum atomic E-state index is 12.4. The Morgan fingerprint density at radius 2 is 2.00 bits per heavy atom. The predicted molar refractivity (Wildman–Crippen MR) is 84.8 cm³/mol. The highest BCUT2D eigenvalue weighted by molar-refractivity contribution is 7.93. The average molecular weight is 328 g/mol. The minimum atomic E-state index is -3.42. The molecule has 0 amide bonds. The lowest BCUT2D eigenvalue weighted by Crippen LogP contribution is -2.30. The zero-order chi connectivity index (χ0) is 15.3. The number of sulfonamides is 1. The Labute approximate surface area is 130 Å². The van der Waals surface area contributed by atoms with Gasteiger partial charge in [0.25, 0.3) is 0 Å². The van der Waals surface area contributed by atoms with Crippen molar-refractivity contribution in [2.24, 2.45) is 0 Å². The fourth-order valence-corrected chi connectivity index (χ4v) is 4.23. The number of hydrogen-bond donors (Lipinski definition) is 2. The lowest BCUT2D eigenvalue weighted by molar-refractivity contribution is 0.350. The van der Waals surface area contributed by atoms with Crippen LogP contribution in [0.3, 0.4) is 0 Å². The molecule has 0 unspecified atom stereocenters. The van der Waals surface area contributed by atoms with Gasteiger partial charge in [-0.15, -0.1) is 0 Å². The number of nitrogens with one attached hydrogen (secondary N) is 1. The molecule has 0 atom stereocenters. The van der Waals surface area contributed by atoms with E-state index in [1.807, 2.05) is 0 Å². The molecule has 0 radical (unpaired) electrons. The Kier molecular flexibility index (Phi) is 5.51. The first-order chi connectivity index (χ1) is 10.0. The van der Waals surface area contributed by atoms with Crippen molar-refractivity contribution in [2.75, 3.05) is 11.3 Å². The van der Waals surface area contributed by atoms with E-state index in [9.17, 15) is 8.42 Å². The summed E-state index contributed by atoms with van der Waals surface area (Å²) in [5.41, 5.74) is 0.877. The summed E-state index contributed by atoms with van der Waals surface area (Å²) in [4.78, 5) is 0. The summed E-state index contributed by atoms with van der Waals surface area (Å²) in [5.74, 6) is 5.23. The SMILES string of the molecule is O=S(=O)(Nc1ccc(Cl)cc1C#CCO)C1CCCCC1. The number of benzene rings is 1. The molecule has 0 aliphatic heterocycles. The van der Waals surface area contributed by atoms with Crippen molar-refractivity contribution in [2.45, 2.75) is 37.4 Å². The van der Waals surface area contributed by atoms with Gasteiger partial charge in [-0.1, -0.05) is 42.7 Å². The summed E-state index contributed by atoms with van der Waals surface area (Å²) in [5, 5.41) is 8.90. The first kappa shape index (κ1) is 16.2. The minimum absolute atomic E-state index is 0.290. The summed E-state index contributed by atoms with van der Waals surface area (Å²) in [7, 11) is -3.42. The van der Waals surface area contributed by atoms with Gasteiger partial charge in [-0.05, 0) is 31.0 Å². The predicted octanol–water partition coefficient (Wildman–Crippen LogP) is 2.76. The second kappa shape index (κ2) is 7.17. The van der Waals surface area contributed by atoms with Crippen LogP contribution >= 0.6 is 11.6 Å². The molecule has 6 heteroatoms. The maximum absolute atomic E-state index is 12.4. The highest BCUT2D eigenvalue weighted by atomic mass is 35.5. The van der Waals surface area contributed by atoms with Crippen LogP contribution in [0.25, 0.3) is 0 Å². The van der Waals surface area contributed by atoms with Gasteiger partial charge in [0, 0.05) is 5.02 Å². The quantitative estimate of drug-likeness (QED) is 0.839. The largest absolute Gasteiger partial charge is 0.384 e. The molecule has 0 spiro atoms. The van der Waals surface area contributed by atoms with E-state index in [2.05, 4.69) is 16.6 Å². The van der Waals surface area contributed by atoms with Crippen molar-refractivity contribution in [1.29, 1.82) is 0 Å². The standard InChI is InChI=1S/C15H18ClNO3S/c16-13-8-9-15(12(11-13)5-4-10-18)17-21(19,20)14-6-2-1-3-7-14/h8-9,11,14,17-18H,1-3,6-7,10H2. The van der Waals surface area contributed by atoms with Crippen LogP contribution in [-0.4, -0.2) is 25.4 Å². The molecule has 0 heterocycles. The number of anilines is 1. The van der Waals surface area contributed by atoms with E-state index in [4.69, 9.17) is 16.7 Å². The molecular formula is C15H18ClNO3S. The van der Waals surface area contributed by atoms with Crippen LogP contribution in [0.15, 0.2) is 18.2 Å². The fourth-order valence-electron chi connectivity index (χ4n) is 2.46. The third kappa shape index (κ3) is 4.37. The average Bonchev–Trinajstić information content (AvgIpc) is 2.48. The van der Waals surface area contributed by atoms with E-state index in [0.717, 1.165) is 19.3 Å². The van der Waals surface area contributed by atoms with Gasteiger partial charge in [0.1, 0.15) is 6.61 Å². The Bertz CT molecular complexity index is 655. The molecule has 1 saturated carbocycles. The van der Waals surface area contributed by atoms with Crippen molar-refractivity contribution in [3.63, 3.8) is 0 Å². The molecule has 1 aliphatic carbocycles. The molecule has 0 aromatic heterocycles. The van der Waals surface area contributed by atoms with E-state index in [1.54, 1.807) is 18.2 Å². The number of halogens is 1. The van der Waals surface area contributed by atoms with Gasteiger partial charge in [0.2, 0.25) is 10.0 Å². The summed E-state index contributed by atoms with van der Waals surface area (Å²) in [6, 6.07) is 4.80. The highest BCUT2D eigenvalue weighted by Crippen LogP contribution is 2.27. The molecule has 0 bridgehead atoms. The fraction of sp³-hybridized carbons (Fsp3) is 0.467. The van der Waals surface area contributed by atoms with Gasteiger partial charge >= 0.3 is 0 Å². The molecule has 4 nitrogen and oxygen atoms in total. The topological polar surface area (TPSA) is 66.4 Å². The van der Waals surface area contributed by atoms with Gasteiger partial charge in [-0.2, -0.15) is 0 Å². The first-order valence-electron chi connectivity index (χ1n) is 6.94. The molecule has 21 heavy (non-hydrogen) atoms. The normalized spacial score (nSPS) is 16.1. The Hall–Kier alpha value is -1.22.